The van der Waals surface area contributed by atoms with Gasteiger partial charge in [0.1, 0.15) is 5.75 Å². The van der Waals surface area contributed by atoms with E-state index in [2.05, 4.69) is 35.1 Å². The number of benzene rings is 1. The first-order chi connectivity index (χ1) is 8.56. The SMILES string of the molecule is CCOCC(NCc1cccc(Br)c1O)C(C)C. The van der Waals surface area contributed by atoms with Gasteiger partial charge in [-0.05, 0) is 34.8 Å². The highest BCUT2D eigenvalue weighted by molar-refractivity contribution is 9.10. The molecule has 0 aliphatic heterocycles. The second-order valence-corrected chi connectivity index (χ2v) is 5.49. The maximum atomic E-state index is 9.91. The number of nitrogens with one attached hydrogen (secondary N) is 1. The van der Waals surface area contributed by atoms with Gasteiger partial charge in [0.15, 0.2) is 0 Å². The lowest BCUT2D eigenvalue weighted by Gasteiger charge is -2.22. The van der Waals surface area contributed by atoms with Gasteiger partial charge in [0.05, 0.1) is 11.1 Å². The van der Waals surface area contributed by atoms with E-state index in [9.17, 15) is 5.11 Å². The van der Waals surface area contributed by atoms with Crippen LogP contribution < -0.4 is 5.32 Å². The zero-order valence-corrected chi connectivity index (χ0v) is 12.8. The van der Waals surface area contributed by atoms with Crippen LogP contribution >= 0.6 is 15.9 Å². The summed E-state index contributed by atoms with van der Waals surface area (Å²) >= 11 is 3.32. The lowest BCUT2D eigenvalue weighted by molar-refractivity contribution is 0.107. The van der Waals surface area contributed by atoms with E-state index in [1.165, 1.54) is 0 Å². The maximum Gasteiger partial charge on any atom is 0.134 e. The molecule has 0 radical (unpaired) electrons. The van der Waals surface area contributed by atoms with Crippen molar-refractivity contribution in [2.75, 3.05) is 13.2 Å². The molecule has 3 nitrogen and oxygen atoms in total. The van der Waals surface area contributed by atoms with Crippen LogP contribution in [0.25, 0.3) is 0 Å². The molecule has 0 spiro atoms. The Morgan fingerprint density at radius 3 is 2.72 bits per heavy atom. The van der Waals surface area contributed by atoms with Gasteiger partial charge in [-0.2, -0.15) is 0 Å². The molecule has 1 aromatic carbocycles. The van der Waals surface area contributed by atoms with Crippen molar-refractivity contribution in [2.45, 2.75) is 33.4 Å². The molecule has 0 aliphatic rings. The maximum absolute atomic E-state index is 9.91. The number of ether oxygens (including phenoxy) is 1. The van der Waals surface area contributed by atoms with E-state index < -0.39 is 0 Å². The summed E-state index contributed by atoms with van der Waals surface area (Å²) in [7, 11) is 0. The van der Waals surface area contributed by atoms with Crippen LogP contribution in [0.1, 0.15) is 26.3 Å². The molecular weight excluding hydrogens is 294 g/mol. The minimum Gasteiger partial charge on any atom is -0.506 e. The van der Waals surface area contributed by atoms with Crippen molar-refractivity contribution in [3.05, 3.63) is 28.2 Å². The Kier molecular flexibility index (Phi) is 6.68. The Bertz CT molecular complexity index is 369. The van der Waals surface area contributed by atoms with E-state index in [-0.39, 0.29) is 0 Å². The molecule has 2 N–H and O–H groups in total. The van der Waals surface area contributed by atoms with Crippen molar-refractivity contribution in [1.82, 2.24) is 5.32 Å². The zero-order chi connectivity index (χ0) is 13.5. The fourth-order valence-corrected chi connectivity index (χ4v) is 2.08. The number of aromatic hydroxyl groups is 1. The molecule has 1 rings (SSSR count). The third kappa shape index (κ3) is 4.59. The van der Waals surface area contributed by atoms with Gasteiger partial charge in [-0.15, -0.1) is 0 Å². The highest BCUT2D eigenvalue weighted by Gasteiger charge is 2.14. The Morgan fingerprint density at radius 2 is 2.11 bits per heavy atom. The third-order valence-electron chi connectivity index (χ3n) is 2.93. The van der Waals surface area contributed by atoms with Gasteiger partial charge in [-0.25, -0.2) is 0 Å². The second-order valence-electron chi connectivity index (χ2n) is 4.64. The summed E-state index contributed by atoms with van der Waals surface area (Å²) in [6, 6.07) is 5.97. The van der Waals surface area contributed by atoms with Gasteiger partial charge in [0.2, 0.25) is 0 Å². The summed E-state index contributed by atoms with van der Waals surface area (Å²) in [5.41, 5.74) is 0.895. The fourth-order valence-electron chi connectivity index (χ4n) is 1.68. The first kappa shape index (κ1) is 15.5. The molecule has 102 valence electrons. The van der Waals surface area contributed by atoms with Crippen LogP contribution in [0.2, 0.25) is 0 Å². The minimum atomic E-state index is 0.295. The van der Waals surface area contributed by atoms with Crippen LogP contribution in [-0.4, -0.2) is 24.4 Å². The van der Waals surface area contributed by atoms with Gasteiger partial charge < -0.3 is 15.2 Å². The molecule has 0 aliphatic carbocycles. The number of phenolic OH excluding ortho intramolecular Hbond substituents is 1. The average molecular weight is 316 g/mol. The monoisotopic (exact) mass is 315 g/mol. The number of phenols is 1. The summed E-state index contributed by atoms with van der Waals surface area (Å²) in [5, 5.41) is 13.3. The number of hydrogen-bond acceptors (Lipinski definition) is 3. The Morgan fingerprint density at radius 1 is 1.39 bits per heavy atom. The lowest BCUT2D eigenvalue weighted by Crippen LogP contribution is -2.37. The van der Waals surface area contributed by atoms with Crippen LogP contribution in [0.4, 0.5) is 0 Å². The summed E-state index contributed by atoms with van der Waals surface area (Å²) in [6.07, 6.45) is 0. The molecule has 0 saturated carbocycles. The van der Waals surface area contributed by atoms with Crippen LogP contribution in [0.15, 0.2) is 22.7 Å². The van der Waals surface area contributed by atoms with E-state index in [1.807, 2.05) is 25.1 Å². The highest BCUT2D eigenvalue weighted by Crippen LogP contribution is 2.27. The predicted octanol–water partition coefficient (Wildman–Crippen LogP) is 3.31. The highest BCUT2D eigenvalue weighted by atomic mass is 79.9. The molecule has 4 heteroatoms. The largest absolute Gasteiger partial charge is 0.506 e. The molecule has 18 heavy (non-hydrogen) atoms. The van der Waals surface area contributed by atoms with Gasteiger partial charge >= 0.3 is 0 Å². The number of halogens is 1. The van der Waals surface area contributed by atoms with Crippen LogP contribution in [-0.2, 0) is 11.3 Å². The van der Waals surface area contributed by atoms with E-state index in [1.54, 1.807) is 0 Å². The Hall–Kier alpha value is -0.580. The van der Waals surface area contributed by atoms with Crippen LogP contribution in [0.5, 0.6) is 5.75 Å². The second kappa shape index (κ2) is 7.77. The molecule has 0 heterocycles. The summed E-state index contributed by atoms with van der Waals surface area (Å²) < 4.78 is 6.19. The van der Waals surface area contributed by atoms with Crippen LogP contribution in [0, 0.1) is 5.92 Å². The first-order valence-electron chi connectivity index (χ1n) is 6.33. The van der Waals surface area contributed by atoms with Crippen molar-refractivity contribution < 1.29 is 9.84 Å². The lowest BCUT2D eigenvalue weighted by atomic mass is 10.0. The Labute approximate surface area is 118 Å². The standard InChI is InChI=1S/C14H22BrNO2/c1-4-18-9-13(10(2)3)16-8-11-6-5-7-12(15)14(11)17/h5-7,10,13,16-17H,4,8-9H2,1-3H3. The van der Waals surface area contributed by atoms with Crippen LogP contribution in [0.3, 0.4) is 0 Å². The summed E-state index contributed by atoms with van der Waals surface area (Å²) in [5.74, 6) is 0.801. The third-order valence-corrected chi connectivity index (χ3v) is 3.57. The topological polar surface area (TPSA) is 41.5 Å². The molecule has 0 aromatic heterocycles. The molecule has 0 bridgehead atoms. The molecular formula is C14H22BrNO2. The van der Waals surface area contributed by atoms with Crippen molar-refractivity contribution >= 4 is 15.9 Å². The quantitative estimate of drug-likeness (QED) is 0.811. The van der Waals surface area contributed by atoms with Gasteiger partial charge in [-0.1, -0.05) is 26.0 Å². The van der Waals surface area contributed by atoms with Crippen molar-refractivity contribution in [3.8, 4) is 5.75 Å². The average Bonchev–Trinajstić information content (AvgIpc) is 2.33. The molecule has 1 atom stereocenters. The molecule has 0 fully saturated rings. The fraction of sp³-hybridized carbons (Fsp3) is 0.571. The van der Waals surface area contributed by atoms with E-state index in [0.29, 0.717) is 30.9 Å². The summed E-state index contributed by atoms with van der Waals surface area (Å²) in [6.45, 7) is 8.39. The van der Waals surface area contributed by atoms with Gasteiger partial charge in [-0.3, -0.25) is 0 Å². The number of hydrogen-bond donors (Lipinski definition) is 2. The smallest absolute Gasteiger partial charge is 0.134 e. The van der Waals surface area contributed by atoms with E-state index in [0.717, 1.165) is 16.6 Å². The van der Waals surface area contributed by atoms with Gasteiger partial charge in [0, 0.05) is 24.8 Å². The van der Waals surface area contributed by atoms with Crippen molar-refractivity contribution in [3.63, 3.8) is 0 Å². The Balaban J connectivity index is 2.58. The molecule has 1 aromatic rings. The zero-order valence-electron chi connectivity index (χ0n) is 11.2. The van der Waals surface area contributed by atoms with Crippen molar-refractivity contribution in [1.29, 1.82) is 0 Å². The van der Waals surface area contributed by atoms with E-state index in [4.69, 9.17) is 4.74 Å². The first-order valence-corrected chi connectivity index (χ1v) is 7.13. The number of para-hydroxylation sites is 1. The molecule has 1 unspecified atom stereocenters. The molecule has 0 saturated heterocycles. The minimum absolute atomic E-state index is 0.295. The van der Waals surface area contributed by atoms with Crippen molar-refractivity contribution in [2.24, 2.45) is 5.92 Å². The predicted molar refractivity (Wildman–Crippen MR) is 77.8 cm³/mol. The van der Waals surface area contributed by atoms with E-state index >= 15 is 0 Å². The van der Waals surface area contributed by atoms with Gasteiger partial charge in [0.25, 0.3) is 0 Å². The number of rotatable bonds is 7. The molecule has 0 amide bonds. The normalized spacial score (nSPS) is 12.9. The summed E-state index contributed by atoms with van der Waals surface area (Å²) in [4.78, 5) is 0.